The van der Waals surface area contributed by atoms with Crippen LogP contribution in [0.1, 0.15) is 17.3 Å². The zero-order chi connectivity index (χ0) is 19.2. The van der Waals surface area contributed by atoms with E-state index in [0.717, 1.165) is 5.69 Å². The van der Waals surface area contributed by atoms with E-state index in [1.54, 1.807) is 34.1 Å². The molecule has 0 unspecified atom stereocenters. The van der Waals surface area contributed by atoms with Crippen molar-refractivity contribution in [3.05, 3.63) is 35.9 Å². The van der Waals surface area contributed by atoms with Crippen molar-refractivity contribution in [2.75, 3.05) is 37.6 Å². The minimum absolute atomic E-state index is 0.111. The van der Waals surface area contributed by atoms with Gasteiger partial charge in [-0.05, 0) is 25.1 Å². The van der Waals surface area contributed by atoms with Crippen molar-refractivity contribution in [3.8, 4) is 0 Å². The molecule has 2 N–H and O–H groups in total. The molecular formula is C18H20N4O4S. The first-order chi connectivity index (χ1) is 12.9. The predicted molar refractivity (Wildman–Crippen MR) is 101 cm³/mol. The highest BCUT2D eigenvalue weighted by molar-refractivity contribution is 7.89. The molecule has 3 amide bonds. The number of carbonyl (C=O) groups excluding carboxylic acids is 2. The Balaban J connectivity index is 1.65. The third-order valence-corrected chi connectivity index (χ3v) is 6.49. The highest BCUT2D eigenvalue weighted by Crippen LogP contribution is 2.39. The van der Waals surface area contributed by atoms with Crippen molar-refractivity contribution >= 4 is 38.4 Å². The SMILES string of the molecule is CCN1C(=O)c2cccc3c(S(=O)(=O)NCCN4CCNC4=O)ccc1c23. The molecule has 0 radical (unpaired) electrons. The highest BCUT2D eigenvalue weighted by Gasteiger charge is 2.31. The average Bonchev–Trinajstić information content (AvgIpc) is 3.18. The molecule has 0 aromatic heterocycles. The summed E-state index contributed by atoms with van der Waals surface area (Å²) in [4.78, 5) is 27.4. The zero-order valence-electron chi connectivity index (χ0n) is 14.9. The molecule has 2 aliphatic rings. The first-order valence-corrected chi connectivity index (χ1v) is 10.3. The van der Waals surface area contributed by atoms with Gasteiger partial charge in [0.2, 0.25) is 10.0 Å². The van der Waals surface area contributed by atoms with E-state index in [0.29, 0.717) is 42.5 Å². The molecule has 27 heavy (non-hydrogen) atoms. The maximum atomic E-state index is 12.8. The second-order valence-corrected chi connectivity index (χ2v) is 8.21. The Morgan fingerprint density at radius 1 is 1.19 bits per heavy atom. The van der Waals surface area contributed by atoms with Crippen molar-refractivity contribution in [2.45, 2.75) is 11.8 Å². The van der Waals surface area contributed by atoms with Crippen LogP contribution in [0.25, 0.3) is 10.8 Å². The zero-order valence-corrected chi connectivity index (χ0v) is 15.7. The molecule has 2 heterocycles. The lowest BCUT2D eigenvalue weighted by atomic mass is 10.1. The van der Waals surface area contributed by atoms with E-state index < -0.39 is 10.0 Å². The maximum Gasteiger partial charge on any atom is 0.317 e. The quantitative estimate of drug-likeness (QED) is 0.775. The average molecular weight is 388 g/mol. The van der Waals surface area contributed by atoms with Crippen LogP contribution in [0, 0.1) is 0 Å². The van der Waals surface area contributed by atoms with Crippen LogP contribution in [0.5, 0.6) is 0 Å². The smallest absolute Gasteiger partial charge is 0.317 e. The first kappa shape index (κ1) is 17.7. The Bertz CT molecular complexity index is 1050. The normalized spacial score (nSPS) is 16.5. The molecule has 0 bridgehead atoms. The monoisotopic (exact) mass is 388 g/mol. The lowest BCUT2D eigenvalue weighted by molar-refractivity contribution is 0.0994. The van der Waals surface area contributed by atoms with Crippen LogP contribution in [0.15, 0.2) is 35.2 Å². The fourth-order valence-electron chi connectivity index (χ4n) is 3.68. The Labute approximate surface area is 157 Å². The van der Waals surface area contributed by atoms with E-state index in [1.807, 2.05) is 6.92 Å². The minimum Gasteiger partial charge on any atom is -0.336 e. The van der Waals surface area contributed by atoms with Gasteiger partial charge in [-0.25, -0.2) is 17.9 Å². The van der Waals surface area contributed by atoms with Crippen LogP contribution in [-0.2, 0) is 10.0 Å². The molecule has 0 saturated carbocycles. The molecule has 8 nitrogen and oxygen atoms in total. The number of rotatable bonds is 6. The fraction of sp³-hybridized carbons (Fsp3) is 0.333. The lowest BCUT2D eigenvalue weighted by Gasteiger charge is -2.16. The Morgan fingerprint density at radius 3 is 2.70 bits per heavy atom. The molecule has 0 aliphatic carbocycles. The highest BCUT2D eigenvalue weighted by atomic mass is 32.2. The number of carbonyl (C=O) groups is 2. The number of hydrogen-bond donors (Lipinski definition) is 2. The molecular weight excluding hydrogens is 368 g/mol. The fourth-order valence-corrected chi connectivity index (χ4v) is 4.91. The molecule has 2 aliphatic heterocycles. The Morgan fingerprint density at radius 2 is 2.00 bits per heavy atom. The largest absolute Gasteiger partial charge is 0.336 e. The molecule has 2 aromatic rings. The van der Waals surface area contributed by atoms with Gasteiger partial charge in [0.25, 0.3) is 5.91 Å². The van der Waals surface area contributed by atoms with Gasteiger partial charge >= 0.3 is 6.03 Å². The van der Waals surface area contributed by atoms with Crippen LogP contribution in [0.2, 0.25) is 0 Å². The third-order valence-electron chi connectivity index (χ3n) is 4.97. The number of hydrogen-bond acceptors (Lipinski definition) is 4. The van der Waals surface area contributed by atoms with Gasteiger partial charge in [0.15, 0.2) is 0 Å². The van der Waals surface area contributed by atoms with Crippen molar-refractivity contribution in [1.29, 1.82) is 0 Å². The summed E-state index contributed by atoms with van der Waals surface area (Å²) in [5, 5.41) is 3.88. The molecule has 1 saturated heterocycles. The van der Waals surface area contributed by atoms with Crippen LogP contribution in [0.4, 0.5) is 10.5 Å². The molecule has 0 atom stereocenters. The number of urea groups is 1. The maximum absolute atomic E-state index is 12.8. The van der Waals surface area contributed by atoms with Gasteiger partial charge in [-0.1, -0.05) is 12.1 Å². The van der Waals surface area contributed by atoms with Crippen molar-refractivity contribution in [1.82, 2.24) is 14.9 Å². The van der Waals surface area contributed by atoms with Crippen molar-refractivity contribution < 1.29 is 18.0 Å². The first-order valence-electron chi connectivity index (χ1n) is 8.84. The van der Waals surface area contributed by atoms with E-state index in [4.69, 9.17) is 0 Å². The van der Waals surface area contributed by atoms with Gasteiger partial charge in [-0.15, -0.1) is 0 Å². The van der Waals surface area contributed by atoms with E-state index >= 15 is 0 Å². The number of benzene rings is 2. The van der Waals surface area contributed by atoms with Gasteiger partial charge in [0.1, 0.15) is 0 Å². The number of nitrogens with zero attached hydrogens (tertiary/aromatic N) is 2. The number of nitrogens with one attached hydrogen (secondary N) is 2. The lowest BCUT2D eigenvalue weighted by Crippen LogP contribution is -2.36. The van der Waals surface area contributed by atoms with Crippen molar-refractivity contribution in [3.63, 3.8) is 0 Å². The predicted octanol–water partition coefficient (Wildman–Crippen LogP) is 1.12. The number of anilines is 1. The standard InChI is InChI=1S/C18H20N4O4S/c1-2-22-14-6-7-15(12-4-3-5-13(16(12)14)17(22)23)27(25,26)20-9-11-21-10-8-19-18(21)24/h3-7,20H,2,8-11H2,1H3,(H,19,24). The summed E-state index contributed by atoms with van der Waals surface area (Å²) < 4.78 is 28.3. The summed E-state index contributed by atoms with van der Waals surface area (Å²) in [5.41, 5.74) is 1.26. The van der Waals surface area contributed by atoms with E-state index in [2.05, 4.69) is 10.0 Å². The van der Waals surface area contributed by atoms with Crippen LogP contribution >= 0.6 is 0 Å². The van der Waals surface area contributed by atoms with Crippen LogP contribution < -0.4 is 14.9 Å². The number of sulfonamides is 1. The van der Waals surface area contributed by atoms with Crippen molar-refractivity contribution in [2.24, 2.45) is 0 Å². The Hall–Kier alpha value is -2.65. The molecule has 4 rings (SSSR count). The van der Waals surface area contributed by atoms with E-state index in [-0.39, 0.29) is 23.4 Å². The van der Waals surface area contributed by atoms with E-state index in [9.17, 15) is 18.0 Å². The van der Waals surface area contributed by atoms with Gasteiger partial charge in [-0.3, -0.25) is 4.79 Å². The second kappa shape index (κ2) is 6.50. The van der Waals surface area contributed by atoms with Gasteiger partial charge < -0.3 is 15.1 Å². The molecule has 1 fully saturated rings. The molecule has 142 valence electrons. The molecule has 2 aromatic carbocycles. The second-order valence-electron chi connectivity index (χ2n) is 6.48. The van der Waals surface area contributed by atoms with Gasteiger partial charge in [0, 0.05) is 49.1 Å². The topological polar surface area (TPSA) is 98.8 Å². The Kier molecular flexibility index (Phi) is 4.27. The molecule has 9 heteroatoms. The summed E-state index contributed by atoms with van der Waals surface area (Å²) in [6, 6.07) is 8.18. The minimum atomic E-state index is -3.78. The van der Waals surface area contributed by atoms with Crippen LogP contribution in [0.3, 0.4) is 0 Å². The molecule has 0 spiro atoms. The summed E-state index contributed by atoms with van der Waals surface area (Å²) in [7, 11) is -3.78. The van der Waals surface area contributed by atoms with E-state index in [1.165, 1.54) is 6.07 Å². The summed E-state index contributed by atoms with van der Waals surface area (Å²) >= 11 is 0. The van der Waals surface area contributed by atoms with Gasteiger partial charge in [-0.2, -0.15) is 0 Å². The summed E-state index contributed by atoms with van der Waals surface area (Å²) in [6.45, 7) is 3.97. The van der Waals surface area contributed by atoms with Crippen LogP contribution in [-0.4, -0.2) is 58.0 Å². The summed E-state index contributed by atoms with van der Waals surface area (Å²) in [5.74, 6) is -0.111. The third kappa shape index (κ3) is 2.83. The summed E-state index contributed by atoms with van der Waals surface area (Å²) in [6.07, 6.45) is 0. The van der Waals surface area contributed by atoms with Gasteiger partial charge in [0.05, 0.1) is 10.6 Å². The number of amides is 3.